The quantitative estimate of drug-likeness (QED) is 0.742. The highest BCUT2D eigenvalue weighted by Crippen LogP contribution is 2.18. The number of carbonyl (C=O) groups excluding carboxylic acids is 1. The van der Waals surface area contributed by atoms with Gasteiger partial charge in [0.2, 0.25) is 0 Å². The van der Waals surface area contributed by atoms with Crippen molar-refractivity contribution >= 4 is 6.09 Å². The van der Waals surface area contributed by atoms with Crippen LogP contribution >= 0.6 is 0 Å². The number of rotatable bonds is 7. The minimum absolute atomic E-state index is 0.171. The molecule has 0 aromatic heterocycles. The van der Waals surface area contributed by atoms with Crippen molar-refractivity contribution in [3.8, 4) is 5.75 Å². The Morgan fingerprint density at radius 2 is 1.89 bits per heavy atom. The van der Waals surface area contributed by atoms with Crippen molar-refractivity contribution in [3.63, 3.8) is 0 Å². The number of nitrogens with one attached hydrogen (secondary N) is 1. The van der Waals surface area contributed by atoms with Crippen molar-refractivity contribution < 1.29 is 14.3 Å². The van der Waals surface area contributed by atoms with Crippen molar-refractivity contribution in [1.82, 2.24) is 5.32 Å². The maximum absolute atomic E-state index is 10.4. The molecule has 0 aliphatic carbocycles. The molecule has 0 heterocycles. The fourth-order valence-corrected chi connectivity index (χ4v) is 1.65. The van der Waals surface area contributed by atoms with Gasteiger partial charge in [0.15, 0.2) is 0 Å². The minimum atomic E-state index is -0.746. The van der Waals surface area contributed by atoms with Crippen LogP contribution in [0.15, 0.2) is 24.3 Å². The Morgan fingerprint density at radius 3 is 2.42 bits per heavy atom. The summed E-state index contributed by atoms with van der Waals surface area (Å²) in [5.74, 6) is 0.864. The molecule has 0 fully saturated rings. The van der Waals surface area contributed by atoms with Gasteiger partial charge < -0.3 is 20.5 Å². The van der Waals surface area contributed by atoms with Gasteiger partial charge in [-0.3, -0.25) is 0 Å². The van der Waals surface area contributed by atoms with E-state index < -0.39 is 6.09 Å². The van der Waals surface area contributed by atoms with Gasteiger partial charge in [-0.15, -0.1) is 0 Å². The third-order valence-electron chi connectivity index (χ3n) is 2.55. The molecule has 0 spiro atoms. The summed E-state index contributed by atoms with van der Waals surface area (Å²) in [5, 5.41) is 3.24. The average Bonchev–Trinajstić information content (AvgIpc) is 2.34. The number of hydrogen-bond donors (Lipinski definition) is 2. The van der Waals surface area contributed by atoms with Gasteiger partial charge >= 0.3 is 6.09 Å². The van der Waals surface area contributed by atoms with Crippen LogP contribution in [-0.4, -0.2) is 25.3 Å². The van der Waals surface area contributed by atoms with Crippen molar-refractivity contribution in [2.45, 2.75) is 32.9 Å². The van der Waals surface area contributed by atoms with E-state index in [1.54, 1.807) is 0 Å². The van der Waals surface area contributed by atoms with Gasteiger partial charge in [-0.2, -0.15) is 0 Å². The zero-order valence-electron chi connectivity index (χ0n) is 11.7. The molecule has 5 heteroatoms. The maximum Gasteiger partial charge on any atom is 0.404 e. The van der Waals surface area contributed by atoms with Crippen LogP contribution in [0, 0.1) is 0 Å². The van der Waals surface area contributed by atoms with E-state index in [1.165, 1.54) is 0 Å². The zero-order chi connectivity index (χ0) is 14.3. The second-order valence-electron chi connectivity index (χ2n) is 4.58. The summed E-state index contributed by atoms with van der Waals surface area (Å²) in [6.45, 7) is 6.87. The fourth-order valence-electron chi connectivity index (χ4n) is 1.65. The van der Waals surface area contributed by atoms with E-state index in [1.807, 2.05) is 45.0 Å². The minimum Gasteiger partial charge on any atom is -0.491 e. The first-order valence-electron chi connectivity index (χ1n) is 6.41. The van der Waals surface area contributed by atoms with E-state index in [-0.39, 0.29) is 18.8 Å². The van der Waals surface area contributed by atoms with Gasteiger partial charge in [0.25, 0.3) is 0 Å². The van der Waals surface area contributed by atoms with E-state index in [4.69, 9.17) is 10.5 Å². The highest BCUT2D eigenvalue weighted by Gasteiger charge is 2.05. The van der Waals surface area contributed by atoms with E-state index >= 15 is 0 Å². The Morgan fingerprint density at radius 1 is 1.26 bits per heavy atom. The largest absolute Gasteiger partial charge is 0.491 e. The normalized spacial score (nSPS) is 12.2. The smallest absolute Gasteiger partial charge is 0.404 e. The summed E-state index contributed by atoms with van der Waals surface area (Å²) in [6, 6.07) is 8.11. The number of carbonyl (C=O) groups is 1. The number of hydrogen-bond acceptors (Lipinski definition) is 4. The topological polar surface area (TPSA) is 73.6 Å². The molecule has 1 unspecified atom stereocenters. The number of ether oxygens (including phenoxy) is 2. The molecule has 0 radical (unpaired) electrons. The standard InChI is InChI=1S/C14H22N2O3/c1-10(2)19-13-6-4-12(5-7-13)11(3)16-8-9-18-14(15)17/h4-7,10-11,16H,8-9H2,1-3H3,(H2,15,17). The third kappa shape index (κ3) is 6.10. The predicted molar refractivity (Wildman–Crippen MR) is 74.2 cm³/mol. The molecular weight excluding hydrogens is 244 g/mol. The second kappa shape index (κ2) is 7.63. The van der Waals surface area contributed by atoms with Crippen LogP contribution < -0.4 is 15.8 Å². The van der Waals surface area contributed by atoms with Gasteiger partial charge in [-0.25, -0.2) is 4.79 Å². The van der Waals surface area contributed by atoms with E-state index in [0.29, 0.717) is 6.54 Å². The molecule has 0 aliphatic rings. The van der Waals surface area contributed by atoms with Crippen LogP contribution in [0.2, 0.25) is 0 Å². The molecule has 0 bridgehead atoms. The number of amides is 1. The number of primary amides is 1. The summed E-state index contributed by atoms with van der Waals surface area (Å²) >= 11 is 0. The Balaban J connectivity index is 2.39. The van der Waals surface area contributed by atoms with Gasteiger partial charge in [0.05, 0.1) is 6.10 Å². The van der Waals surface area contributed by atoms with Gasteiger partial charge in [-0.05, 0) is 38.5 Å². The zero-order valence-corrected chi connectivity index (χ0v) is 11.7. The monoisotopic (exact) mass is 266 g/mol. The van der Waals surface area contributed by atoms with Crippen LogP contribution in [-0.2, 0) is 4.74 Å². The third-order valence-corrected chi connectivity index (χ3v) is 2.55. The molecule has 1 rings (SSSR count). The van der Waals surface area contributed by atoms with Crippen LogP contribution in [0.4, 0.5) is 4.79 Å². The lowest BCUT2D eigenvalue weighted by molar-refractivity contribution is 0.156. The summed E-state index contributed by atoms with van der Waals surface area (Å²) in [6.07, 6.45) is -0.572. The van der Waals surface area contributed by atoms with Crippen LogP contribution in [0.1, 0.15) is 32.4 Å². The molecule has 1 atom stereocenters. The summed E-state index contributed by atoms with van der Waals surface area (Å²) < 4.78 is 10.2. The van der Waals surface area contributed by atoms with Gasteiger partial charge in [0, 0.05) is 12.6 Å². The van der Waals surface area contributed by atoms with E-state index in [9.17, 15) is 4.79 Å². The van der Waals surface area contributed by atoms with E-state index in [2.05, 4.69) is 10.1 Å². The molecule has 0 saturated carbocycles. The Hall–Kier alpha value is -1.75. The van der Waals surface area contributed by atoms with E-state index in [0.717, 1.165) is 11.3 Å². The molecule has 1 aromatic carbocycles. The first kappa shape index (κ1) is 15.3. The van der Waals surface area contributed by atoms with Gasteiger partial charge in [0.1, 0.15) is 12.4 Å². The Bertz CT molecular complexity index is 390. The number of nitrogens with two attached hydrogens (primary N) is 1. The Kier molecular flexibility index (Phi) is 6.15. The molecule has 1 amide bonds. The molecular formula is C14H22N2O3. The van der Waals surface area contributed by atoms with Crippen molar-refractivity contribution in [1.29, 1.82) is 0 Å². The lowest BCUT2D eigenvalue weighted by Crippen LogP contribution is -2.25. The summed E-state index contributed by atoms with van der Waals surface area (Å²) in [7, 11) is 0. The highest BCUT2D eigenvalue weighted by molar-refractivity contribution is 5.64. The molecule has 1 aromatic rings. The highest BCUT2D eigenvalue weighted by atomic mass is 16.5. The lowest BCUT2D eigenvalue weighted by atomic mass is 10.1. The number of benzene rings is 1. The fraction of sp³-hybridized carbons (Fsp3) is 0.500. The lowest BCUT2D eigenvalue weighted by Gasteiger charge is -2.15. The molecule has 106 valence electrons. The molecule has 19 heavy (non-hydrogen) atoms. The Labute approximate surface area is 114 Å². The van der Waals surface area contributed by atoms with Gasteiger partial charge in [-0.1, -0.05) is 12.1 Å². The van der Waals surface area contributed by atoms with Crippen molar-refractivity contribution in [3.05, 3.63) is 29.8 Å². The first-order chi connectivity index (χ1) is 8.99. The second-order valence-corrected chi connectivity index (χ2v) is 4.58. The molecule has 0 saturated heterocycles. The molecule has 0 aliphatic heterocycles. The van der Waals surface area contributed by atoms with Crippen LogP contribution in [0.3, 0.4) is 0 Å². The SMILES string of the molecule is CC(C)Oc1ccc(C(C)NCCOC(N)=O)cc1. The van der Waals surface area contributed by atoms with Crippen LogP contribution in [0.5, 0.6) is 5.75 Å². The summed E-state index contributed by atoms with van der Waals surface area (Å²) in [5.41, 5.74) is 6.02. The molecule has 5 nitrogen and oxygen atoms in total. The summed E-state index contributed by atoms with van der Waals surface area (Å²) in [4.78, 5) is 10.4. The van der Waals surface area contributed by atoms with Crippen molar-refractivity contribution in [2.75, 3.05) is 13.2 Å². The maximum atomic E-state index is 10.4. The molecule has 3 N–H and O–H groups in total. The van der Waals surface area contributed by atoms with Crippen molar-refractivity contribution in [2.24, 2.45) is 5.73 Å². The first-order valence-corrected chi connectivity index (χ1v) is 6.41. The average molecular weight is 266 g/mol. The predicted octanol–water partition coefficient (Wildman–Crippen LogP) is 2.22. The van der Waals surface area contributed by atoms with Crippen LogP contribution in [0.25, 0.3) is 0 Å².